The Bertz CT molecular complexity index is 1370. The van der Waals surface area contributed by atoms with Crippen molar-refractivity contribution in [2.45, 2.75) is 70.4 Å². The lowest BCUT2D eigenvalue weighted by Gasteiger charge is -2.52. The van der Waals surface area contributed by atoms with Crippen LogP contribution in [-0.4, -0.2) is 58.9 Å². The van der Waals surface area contributed by atoms with Crippen molar-refractivity contribution in [3.8, 4) is 11.5 Å². The van der Waals surface area contributed by atoms with E-state index in [1.54, 1.807) is 0 Å². The molecule has 0 unspecified atom stereocenters. The number of hydrogen-bond acceptors (Lipinski definition) is 4. The molecule has 7 nitrogen and oxygen atoms in total. The van der Waals surface area contributed by atoms with E-state index in [1.807, 2.05) is 41.8 Å². The van der Waals surface area contributed by atoms with Crippen LogP contribution in [0.1, 0.15) is 75.6 Å². The van der Waals surface area contributed by atoms with Gasteiger partial charge < -0.3 is 24.3 Å². The highest BCUT2D eigenvalue weighted by Crippen LogP contribution is 2.49. The zero-order chi connectivity index (χ0) is 26.4. The number of ether oxygens (including phenoxy) is 2. The zero-order valence-electron chi connectivity index (χ0n) is 22.6. The SMILES string of the molecule is CCCOc1ccc([C@@H]2CN3C(=O)CN(C4CCCC4)C(=O)[C@]3(C)c3[nH]c4ccccc4c32)cc1OCC. The number of fused-ring (bicyclic) bond motifs is 5. The number of nitrogens with zero attached hydrogens (tertiary/aromatic N) is 2. The van der Waals surface area contributed by atoms with Crippen LogP contribution >= 0.6 is 0 Å². The molecule has 1 saturated carbocycles. The Balaban J connectivity index is 1.50. The van der Waals surface area contributed by atoms with Crippen molar-refractivity contribution in [3.63, 3.8) is 0 Å². The predicted molar refractivity (Wildman–Crippen MR) is 147 cm³/mol. The van der Waals surface area contributed by atoms with Crippen LogP contribution in [0.2, 0.25) is 0 Å². The monoisotopic (exact) mass is 515 g/mol. The van der Waals surface area contributed by atoms with Crippen molar-refractivity contribution < 1.29 is 19.1 Å². The Morgan fingerprint density at radius 1 is 1.03 bits per heavy atom. The molecule has 0 spiro atoms. The van der Waals surface area contributed by atoms with Gasteiger partial charge in [0.2, 0.25) is 5.91 Å². The van der Waals surface area contributed by atoms with Crippen molar-refractivity contribution in [3.05, 3.63) is 59.3 Å². The van der Waals surface area contributed by atoms with Gasteiger partial charge in [0.1, 0.15) is 6.54 Å². The van der Waals surface area contributed by atoms with Gasteiger partial charge in [0.25, 0.3) is 5.91 Å². The normalized spacial score (nSPS) is 23.6. The molecule has 2 atom stereocenters. The fourth-order valence-corrected chi connectivity index (χ4v) is 6.78. The predicted octanol–water partition coefficient (Wildman–Crippen LogP) is 5.33. The second-order valence-electron chi connectivity index (χ2n) is 10.9. The summed E-state index contributed by atoms with van der Waals surface area (Å²) in [4.78, 5) is 35.3. The number of rotatable bonds is 7. The molecule has 3 aromatic rings. The second-order valence-corrected chi connectivity index (χ2v) is 10.9. The molecule has 7 heteroatoms. The molecule has 2 fully saturated rings. The van der Waals surface area contributed by atoms with Crippen molar-refractivity contribution in [1.82, 2.24) is 14.8 Å². The Hall–Kier alpha value is -3.48. The smallest absolute Gasteiger partial charge is 0.255 e. The summed E-state index contributed by atoms with van der Waals surface area (Å²) in [7, 11) is 0. The quantitative estimate of drug-likeness (QED) is 0.462. The molecule has 6 rings (SSSR count). The number of aromatic nitrogens is 1. The number of amides is 2. The largest absolute Gasteiger partial charge is 0.490 e. The zero-order valence-corrected chi connectivity index (χ0v) is 22.6. The lowest BCUT2D eigenvalue weighted by Crippen LogP contribution is -2.68. The average Bonchev–Trinajstić information content (AvgIpc) is 3.60. The summed E-state index contributed by atoms with van der Waals surface area (Å²) >= 11 is 0. The third-order valence-corrected chi connectivity index (χ3v) is 8.67. The van der Waals surface area contributed by atoms with Crippen LogP contribution in [0, 0.1) is 0 Å². The molecule has 1 aliphatic carbocycles. The summed E-state index contributed by atoms with van der Waals surface area (Å²) in [6, 6.07) is 14.5. The summed E-state index contributed by atoms with van der Waals surface area (Å²) in [5.74, 6) is 1.38. The maximum Gasteiger partial charge on any atom is 0.255 e. The van der Waals surface area contributed by atoms with Gasteiger partial charge in [0.05, 0.1) is 18.9 Å². The highest BCUT2D eigenvalue weighted by molar-refractivity contribution is 6.01. The molecule has 2 amide bonds. The Morgan fingerprint density at radius 2 is 1.82 bits per heavy atom. The van der Waals surface area contributed by atoms with Gasteiger partial charge in [-0.1, -0.05) is 44.0 Å². The molecule has 3 aliphatic rings. The number of para-hydroxylation sites is 1. The molecule has 1 aromatic heterocycles. The summed E-state index contributed by atoms with van der Waals surface area (Å²) in [6.45, 7) is 7.74. The number of carbonyl (C=O) groups is 2. The highest BCUT2D eigenvalue weighted by atomic mass is 16.5. The van der Waals surface area contributed by atoms with Gasteiger partial charge in [-0.25, -0.2) is 0 Å². The molecule has 3 heterocycles. The van der Waals surface area contributed by atoms with Crippen molar-refractivity contribution in [2.24, 2.45) is 0 Å². The van der Waals surface area contributed by atoms with Crippen molar-refractivity contribution in [1.29, 1.82) is 0 Å². The number of carbonyl (C=O) groups excluding carboxylic acids is 2. The number of piperazine rings is 1. The first-order valence-electron chi connectivity index (χ1n) is 14.1. The first-order chi connectivity index (χ1) is 18.5. The summed E-state index contributed by atoms with van der Waals surface area (Å²) in [5, 5.41) is 1.09. The number of nitrogens with one attached hydrogen (secondary N) is 1. The maximum atomic E-state index is 14.3. The Labute approximate surface area is 224 Å². The average molecular weight is 516 g/mol. The Kier molecular flexibility index (Phi) is 6.33. The molecular formula is C31H37N3O4. The van der Waals surface area contributed by atoms with Gasteiger partial charge in [-0.3, -0.25) is 9.59 Å². The minimum absolute atomic E-state index is 0.0150. The highest BCUT2D eigenvalue weighted by Gasteiger charge is 2.57. The van der Waals surface area contributed by atoms with Gasteiger partial charge in [-0.2, -0.15) is 0 Å². The minimum atomic E-state index is -1.06. The third kappa shape index (κ3) is 3.77. The first kappa shape index (κ1) is 24.8. The van der Waals surface area contributed by atoms with E-state index in [1.165, 1.54) is 0 Å². The fourth-order valence-electron chi connectivity index (χ4n) is 6.78. The summed E-state index contributed by atoms with van der Waals surface area (Å²) in [5.41, 5.74) is 2.90. The topological polar surface area (TPSA) is 74.9 Å². The van der Waals surface area contributed by atoms with Gasteiger partial charge in [-0.05, 0) is 62.4 Å². The van der Waals surface area contributed by atoms with Crippen LogP contribution in [-0.2, 0) is 15.1 Å². The summed E-state index contributed by atoms with van der Waals surface area (Å²) in [6.07, 6.45) is 5.09. The van der Waals surface area contributed by atoms with E-state index in [2.05, 4.69) is 36.2 Å². The van der Waals surface area contributed by atoms with E-state index in [4.69, 9.17) is 9.47 Å². The van der Waals surface area contributed by atoms with Crippen molar-refractivity contribution in [2.75, 3.05) is 26.3 Å². The molecule has 2 aliphatic heterocycles. The van der Waals surface area contributed by atoms with Gasteiger partial charge in [-0.15, -0.1) is 0 Å². The van der Waals surface area contributed by atoms with Crippen LogP contribution in [0.15, 0.2) is 42.5 Å². The van der Waals surface area contributed by atoms with Gasteiger partial charge in [0, 0.05) is 29.4 Å². The number of benzene rings is 2. The standard InChI is InChI=1S/C31H37N3O4/c1-4-16-38-25-15-14-20(17-26(25)37-5-2)23-18-34-27(35)19-33(21-10-6-7-11-21)30(36)31(34,3)29-28(23)22-12-8-9-13-24(22)32-29/h8-9,12-15,17,21,23,32H,4-7,10-11,16,18-19H2,1-3H3/t23-,31-/m0/s1. The third-order valence-electron chi connectivity index (χ3n) is 8.67. The number of aromatic amines is 1. The van der Waals surface area contributed by atoms with Crippen LogP contribution in [0.25, 0.3) is 10.9 Å². The van der Waals surface area contributed by atoms with Crippen molar-refractivity contribution >= 4 is 22.7 Å². The van der Waals surface area contributed by atoms with E-state index >= 15 is 0 Å². The van der Waals surface area contributed by atoms with E-state index < -0.39 is 5.54 Å². The first-order valence-corrected chi connectivity index (χ1v) is 14.1. The fraction of sp³-hybridized carbons (Fsp3) is 0.484. The molecule has 38 heavy (non-hydrogen) atoms. The Morgan fingerprint density at radius 3 is 2.58 bits per heavy atom. The molecule has 2 aromatic carbocycles. The van der Waals surface area contributed by atoms with E-state index in [0.717, 1.165) is 65.6 Å². The number of hydrogen-bond donors (Lipinski definition) is 1. The molecular weight excluding hydrogens is 478 g/mol. The van der Waals surface area contributed by atoms with Crippen LogP contribution in [0.4, 0.5) is 0 Å². The minimum Gasteiger partial charge on any atom is -0.490 e. The summed E-state index contributed by atoms with van der Waals surface area (Å²) < 4.78 is 11.9. The van der Waals surface area contributed by atoms with E-state index in [0.29, 0.717) is 25.5 Å². The second kappa shape index (κ2) is 9.68. The lowest BCUT2D eigenvalue weighted by atomic mass is 9.76. The maximum absolute atomic E-state index is 14.3. The number of H-pyrrole nitrogens is 1. The van der Waals surface area contributed by atoms with Crippen LogP contribution in [0.5, 0.6) is 11.5 Å². The molecule has 0 bridgehead atoms. The lowest BCUT2D eigenvalue weighted by molar-refractivity contribution is -0.168. The van der Waals surface area contributed by atoms with E-state index in [-0.39, 0.29) is 30.3 Å². The molecule has 1 saturated heterocycles. The molecule has 0 radical (unpaired) electrons. The van der Waals surface area contributed by atoms with Gasteiger partial charge in [0.15, 0.2) is 17.0 Å². The molecule has 200 valence electrons. The molecule has 1 N–H and O–H groups in total. The van der Waals surface area contributed by atoms with E-state index in [9.17, 15) is 9.59 Å². The van der Waals surface area contributed by atoms with Crippen LogP contribution < -0.4 is 9.47 Å². The van der Waals surface area contributed by atoms with Crippen LogP contribution in [0.3, 0.4) is 0 Å². The van der Waals surface area contributed by atoms with Gasteiger partial charge >= 0.3 is 0 Å².